The van der Waals surface area contributed by atoms with Crippen LogP contribution in [0.5, 0.6) is 0 Å². The first kappa shape index (κ1) is 37.4. The van der Waals surface area contributed by atoms with Crippen molar-refractivity contribution >= 4 is 74.2 Å². The van der Waals surface area contributed by atoms with Crippen molar-refractivity contribution in [3.8, 4) is 22.3 Å². The Labute approximate surface area is 302 Å². The monoisotopic (exact) mass is 772 g/mol. The molecule has 0 saturated carbocycles. The molecule has 0 N–H and O–H groups in total. The van der Waals surface area contributed by atoms with Crippen LogP contribution in [-0.4, -0.2) is 25.7 Å². The first-order valence-corrected chi connectivity index (χ1v) is 30.5. The summed E-state index contributed by atoms with van der Waals surface area (Å²) in [6.07, 6.45) is 0. The van der Waals surface area contributed by atoms with Crippen molar-refractivity contribution in [3.05, 3.63) is 102 Å². The summed E-state index contributed by atoms with van der Waals surface area (Å²) >= 11 is -0.826. The SMILES string of the molecule is CC(C)c1cc2c(-c3cc([Si](C)(C)C)cc([Si](C)(C)C)c3)c(C(C)(C)C)ccc2[cH-]1.[Cl][Zr+2][Cl].[c-]1cccc2c1[Si]c1ccccc1-2. The molecule has 6 rings (SSSR count). The molecule has 0 nitrogen and oxygen atoms in total. The number of halogens is 2. The molecule has 0 fully saturated rings. The van der Waals surface area contributed by atoms with E-state index in [1.54, 1.807) is 10.4 Å². The van der Waals surface area contributed by atoms with E-state index in [1.165, 1.54) is 54.5 Å². The van der Waals surface area contributed by atoms with Gasteiger partial charge in [-0.2, -0.15) is 35.5 Å². The second-order valence-electron chi connectivity index (χ2n) is 15.7. The third-order valence-corrected chi connectivity index (χ3v) is 14.1. The molecule has 0 amide bonds. The van der Waals surface area contributed by atoms with Gasteiger partial charge in [-0.05, 0) is 16.9 Å². The van der Waals surface area contributed by atoms with Crippen LogP contribution >= 0.6 is 17.0 Å². The predicted molar refractivity (Wildman–Crippen MR) is 211 cm³/mol. The summed E-state index contributed by atoms with van der Waals surface area (Å²) in [5, 5.41) is 8.81. The van der Waals surface area contributed by atoms with Gasteiger partial charge >= 0.3 is 37.9 Å². The van der Waals surface area contributed by atoms with Gasteiger partial charge in [0.05, 0.1) is 25.7 Å². The predicted octanol–water partition coefficient (Wildman–Crippen LogP) is 10.2. The van der Waals surface area contributed by atoms with E-state index in [4.69, 9.17) is 17.0 Å². The molecule has 0 spiro atoms. The van der Waals surface area contributed by atoms with Gasteiger partial charge in [0.2, 0.25) is 0 Å². The maximum Gasteiger partial charge on any atom is 0.0920 e. The third kappa shape index (κ3) is 8.79. The quantitative estimate of drug-likeness (QED) is 0.124. The van der Waals surface area contributed by atoms with Crippen LogP contribution in [-0.2, 0) is 26.3 Å². The molecule has 1 aliphatic heterocycles. The largest absolute Gasteiger partial charge is 0.184 e. The topological polar surface area (TPSA) is 0 Å². The molecule has 238 valence electrons. The van der Waals surface area contributed by atoms with Gasteiger partial charge in [0.1, 0.15) is 0 Å². The Morgan fingerprint density at radius 1 is 0.783 bits per heavy atom. The molecule has 5 aromatic rings. The molecule has 5 aromatic carbocycles. The van der Waals surface area contributed by atoms with Crippen LogP contribution in [0.1, 0.15) is 51.7 Å². The van der Waals surface area contributed by atoms with Crippen molar-refractivity contribution in [2.24, 2.45) is 0 Å². The summed E-state index contributed by atoms with van der Waals surface area (Å²) in [4.78, 5) is 0. The fourth-order valence-corrected chi connectivity index (χ4v) is 9.75. The number of hydrogen-bond acceptors (Lipinski definition) is 0. The third-order valence-electron chi connectivity index (χ3n) is 8.67. The minimum absolute atomic E-state index is 0.104. The van der Waals surface area contributed by atoms with Gasteiger partial charge in [-0.25, -0.2) is 0 Å². The first-order chi connectivity index (χ1) is 21.5. The minimum Gasteiger partial charge on any atom is -0.184 e. The second-order valence-corrected chi connectivity index (χ2v) is 30.9. The molecule has 1 heterocycles. The zero-order valence-electron chi connectivity index (χ0n) is 29.4. The smallest absolute Gasteiger partial charge is 0.0920 e. The molecule has 0 atom stereocenters. The van der Waals surface area contributed by atoms with Crippen molar-refractivity contribution in [1.82, 2.24) is 0 Å². The van der Waals surface area contributed by atoms with Crippen LogP contribution in [0.3, 0.4) is 0 Å². The second kappa shape index (κ2) is 15.0. The number of fused-ring (bicyclic) bond motifs is 4. The van der Waals surface area contributed by atoms with E-state index in [-0.39, 0.29) is 5.41 Å². The van der Waals surface area contributed by atoms with Crippen LogP contribution in [0.4, 0.5) is 0 Å². The summed E-state index contributed by atoms with van der Waals surface area (Å²) in [6, 6.07) is 35.4. The number of rotatable bonds is 4. The van der Waals surface area contributed by atoms with Gasteiger partial charge in [0.25, 0.3) is 0 Å². The van der Waals surface area contributed by atoms with Gasteiger partial charge < -0.3 is 0 Å². The van der Waals surface area contributed by atoms with Gasteiger partial charge in [0, 0.05) is 0 Å². The normalized spacial score (nSPS) is 12.5. The van der Waals surface area contributed by atoms with Gasteiger partial charge in [-0.1, -0.05) is 149 Å². The molecule has 0 aliphatic carbocycles. The minimum atomic E-state index is -1.43. The fourth-order valence-electron chi connectivity index (χ4n) is 5.94. The molecule has 0 bridgehead atoms. The zero-order valence-corrected chi connectivity index (χ0v) is 36.4. The van der Waals surface area contributed by atoms with Gasteiger partial charge in [0.15, 0.2) is 0 Å². The standard InChI is InChI=1S/C28H41Si2.C12H7Si.2ClH.Zr/c1-19(2)21-14-20-12-13-26(28(3,4)5)27(25(20)17-21)22-15-23(29(6,7)8)18-24(16-22)30(9,10)11;1-3-7-11-9(5-1)10-6-2-4-8-12(10)13-11;;;/h12-19H,1-11H3;1-7H;2*1H;/q2*-1;;;+4/p-2. The Bertz CT molecular complexity index is 1720. The maximum absolute atomic E-state index is 4.93. The summed E-state index contributed by atoms with van der Waals surface area (Å²) in [6.45, 7) is 26.5. The summed E-state index contributed by atoms with van der Waals surface area (Å²) in [7, 11) is 7.81. The molecule has 0 aromatic heterocycles. The maximum atomic E-state index is 4.93. The van der Waals surface area contributed by atoms with Crippen molar-refractivity contribution in [1.29, 1.82) is 0 Å². The average molecular weight is 775 g/mol. The molecule has 1 aliphatic rings. The molecular weight excluding hydrogens is 727 g/mol. The molecule has 0 saturated heterocycles. The van der Waals surface area contributed by atoms with E-state index in [9.17, 15) is 0 Å². The summed E-state index contributed by atoms with van der Waals surface area (Å²) in [5.41, 5.74) is 8.68. The van der Waals surface area contributed by atoms with Crippen molar-refractivity contribution in [2.75, 3.05) is 0 Å². The van der Waals surface area contributed by atoms with Gasteiger partial charge in [-0.3, -0.25) is 0 Å². The summed E-state index contributed by atoms with van der Waals surface area (Å²) < 4.78 is 0. The van der Waals surface area contributed by atoms with Crippen molar-refractivity contribution in [3.63, 3.8) is 0 Å². The summed E-state index contributed by atoms with van der Waals surface area (Å²) in [5.74, 6) is 0.550. The Balaban J connectivity index is 0.000000245. The Kier molecular flexibility index (Phi) is 12.2. The fraction of sp³-hybridized carbons (Fsp3) is 0.325. The van der Waals surface area contributed by atoms with E-state index in [2.05, 4.69) is 159 Å². The van der Waals surface area contributed by atoms with Crippen molar-refractivity contribution in [2.45, 2.75) is 85.2 Å². The molecule has 46 heavy (non-hydrogen) atoms. The van der Waals surface area contributed by atoms with E-state index >= 15 is 0 Å². The van der Waals surface area contributed by atoms with E-state index in [0.29, 0.717) is 5.92 Å². The zero-order chi connectivity index (χ0) is 34.0. The van der Waals surface area contributed by atoms with Crippen molar-refractivity contribution < 1.29 is 20.8 Å². The van der Waals surface area contributed by atoms with Crippen LogP contribution < -0.4 is 20.7 Å². The van der Waals surface area contributed by atoms with E-state index < -0.39 is 37.0 Å². The van der Waals surface area contributed by atoms with Crippen LogP contribution in [0.15, 0.2) is 84.9 Å². The Hall–Kier alpha value is -1.40. The Morgan fingerprint density at radius 3 is 1.93 bits per heavy atom. The van der Waals surface area contributed by atoms with Crippen LogP contribution in [0, 0.1) is 6.07 Å². The Morgan fingerprint density at radius 2 is 1.37 bits per heavy atom. The van der Waals surface area contributed by atoms with Crippen LogP contribution in [0.25, 0.3) is 33.0 Å². The first-order valence-electron chi connectivity index (χ1n) is 16.2. The van der Waals surface area contributed by atoms with E-state index in [1.807, 2.05) is 6.07 Å². The molecule has 6 heteroatoms. The molecule has 2 radical (unpaired) electrons. The van der Waals surface area contributed by atoms with Crippen LogP contribution in [0.2, 0.25) is 39.3 Å². The number of benzene rings is 4. The van der Waals surface area contributed by atoms with Gasteiger partial charge in [-0.15, -0.1) is 40.1 Å². The van der Waals surface area contributed by atoms with E-state index in [0.717, 1.165) is 9.52 Å². The molecular formula is C40H48Cl2Si3Zr. The number of hydrogen-bond donors (Lipinski definition) is 0. The molecule has 0 unspecified atom stereocenters. The average Bonchev–Trinajstić information content (AvgIpc) is 3.58.